The summed E-state index contributed by atoms with van der Waals surface area (Å²) >= 11 is 0. The predicted octanol–water partition coefficient (Wildman–Crippen LogP) is 6.46. The van der Waals surface area contributed by atoms with Crippen molar-refractivity contribution >= 4 is 49.8 Å². The molecule has 3 heterocycles. The van der Waals surface area contributed by atoms with Crippen LogP contribution in [0.4, 0.5) is 17.1 Å². The van der Waals surface area contributed by atoms with E-state index in [1.165, 1.54) is 11.1 Å². The first-order chi connectivity index (χ1) is 17.7. The summed E-state index contributed by atoms with van der Waals surface area (Å²) < 4.78 is 15.9. The number of nitrogens with one attached hydrogen (secondary N) is 2. The van der Waals surface area contributed by atoms with Crippen LogP contribution in [0.15, 0.2) is 65.1 Å². The highest BCUT2D eigenvalue weighted by atomic mass is 16.5. The highest BCUT2D eigenvalue weighted by Crippen LogP contribution is 2.40. The molecular weight excluding hydrogens is 466 g/mol. The second kappa shape index (κ2) is 10.5. The number of rotatable bonds is 2. The van der Waals surface area contributed by atoms with E-state index in [0.717, 1.165) is 50.2 Å². The zero-order valence-electron chi connectivity index (χ0n) is 21.7. The van der Waals surface area contributed by atoms with Gasteiger partial charge in [0, 0.05) is 44.4 Å². The molecule has 0 unspecified atom stereocenters. The maximum Gasteiger partial charge on any atom is 0.187 e. The lowest BCUT2D eigenvalue weighted by molar-refractivity contribution is 0.359. The summed E-state index contributed by atoms with van der Waals surface area (Å²) in [5.41, 5.74) is 24.5. The van der Waals surface area contributed by atoms with E-state index in [2.05, 4.69) is 16.0 Å². The fraction of sp³-hybridized carbons (Fsp3) is 0.172. The minimum Gasteiger partial charge on any atom is -0.491 e. The van der Waals surface area contributed by atoms with E-state index in [0.29, 0.717) is 17.2 Å². The number of aromatic nitrogens is 2. The Bertz CT molecular complexity index is 1600. The van der Waals surface area contributed by atoms with Crippen LogP contribution in [0.25, 0.3) is 32.8 Å². The topological polar surface area (TPSA) is 141 Å². The summed E-state index contributed by atoms with van der Waals surface area (Å²) in [6.07, 6.45) is 0. The molecule has 0 bridgehead atoms. The number of furan rings is 1. The van der Waals surface area contributed by atoms with Gasteiger partial charge in [0.1, 0.15) is 11.3 Å². The van der Waals surface area contributed by atoms with Gasteiger partial charge in [0.25, 0.3) is 0 Å². The molecule has 192 valence electrons. The summed E-state index contributed by atoms with van der Waals surface area (Å²) in [6, 6.07) is 19.5. The summed E-state index contributed by atoms with van der Waals surface area (Å²) in [7, 11) is 3.18. The van der Waals surface area contributed by atoms with Crippen molar-refractivity contribution in [2.75, 3.05) is 31.4 Å². The first kappa shape index (κ1) is 25.4. The van der Waals surface area contributed by atoms with Crippen molar-refractivity contribution < 1.29 is 13.9 Å². The number of H-pyrrole nitrogens is 2. The van der Waals surface area contributed by atoms with Crippen LogP contribution in [0.3, 0.4) is 0 Å². The minimum absolute atomic E-state index is 0.576. The number of aryl methyl sites for hydroxylation is 3. The number of nitrogen functional groups attached to an aromatic ring is 3. The third-order valence-corrected chi connectivity index (χ3v) is 5.84. The molecule has 3 aromatic heterocycles. The van der Waals surface area contributed by atoms with Gasteiger partial charge < -0.3 is 41.1 Å². The van der Waals surface area contributed by atoms with Gasteiger partial charge >= 0.3 is 0 Å². The van der Waals surface area contributed by atoms with Crippen LogP contribution < -0.4 is 26.7 Å². The summed E-state index contributed by atoms with van der Waals surface area (Å²) in [5, 5.41) is 3.28. The number of nitrogens with two attached hydrogens (primary N) is 3. The number of methoxy groups -OCH3 is 2. The Morgan fingerprint density at radius 3 is 1.97 bits per heavy atom. The van der Waals surface area contributed by atoms with E-state index < -0.39 is 0 Å². The Labute approximate surface area is 215 Å². The van der Waals surface area contributed by atoms with Gasteiger partial charge in [-0.15, -0.1) is 0 Å². The zero-order chi connectivity index (χ0) is 26.7. The summed E-state index contributed by atoms with van der Waals surface area (Å²) in [5.74, 6) is 2.15. The average Bonchev–Trinajstić information content (AvgIpc) is 3.52. The van der Waals surface area contributed by atoms with Gasteiger partial charge in [0.15, 0.2) is 11.5 Å². The fourth-order valence-electron chi connectivity index (χ4n) is 4.29. The highest BCUT2D eigenvalue weighted by Gasteiger charge is 2.14. The third-order valence-electron chi connectivity index (χ3n) is 5.84. The molecule has 0 amide bonds. The van der Waals surface area contributed by atoms with Crippen molar-refractivity contribution in [3.05, 3.63) is 77.8 Å². The normalized spacial score (nSPS) is 10.6. The number of anilines is 3. The van der Waals surface area contributed by atoms with Crippen LogP contribution in [0, 0.1) is 20.8 Å². The molecule has 6 rings (SSSR count). The molecule has 0 saturated carbocycles. The third kappa shape index (κ3) is 5.59. The lowest BCUT2D eigenvalue weighted by Crippen LogP contribution is -1.96. The molecule has 8 nitrogen and oxygen atoms in total. The largest absolute Gasteiger partial charge is 0.491 e. The molecule has 0 aliphatic heterocycles. The second-order valence-electron chi connectivity index (χ2n) is 8.90. The van der Waals surface area contributed by atoms with Crippen molar-refractivity contribution in [2.45, 2.75) is 20.8 Å². The van der Waals surface area contributed by atoms with Gasteiger partial charge in [-0.1, -0.05) is 0 Å². The van der Waals surface area contributed by atoms with Crippen molar-refractivity contribution in [1.82, 2.24) is 9.97 Å². The van der Waals surface area contributed by atoms with Gasteiger partial charge in [-0.2, -0.15) is 0 Å². The molecule has 0 saturated heterocycles. The molecule has 37 heavy (non-hydrogen) atoms. The van der Waals surface area contributed by atoms with Crippen molar-refractivity contribution in [2.24, 2.45) is 0 Å². The monoisotopic (exact) mass is 499 g/mol. The molecule has 8 heteroatoms. The molecule has 0 atom stereocenters. The fourth-order valence-corrected chi connectivity index (χ4v) is 4.29. The molecule has 0 spiro atoms. The molecular formula is C29H33N5O3. The molecule has 0 fully saturated rings. The lowest BCUT2D eigenvalue weighted by Gasteiger charge is -2.10. The van der Waals surface area contributed by atoms with E-state index in [1.807, 2.05) is 75.4 Å². The Kier molecular flexibility index (Phi) is 7.20. The van der Waals surface area contributed by atoms with Crippen LogP contribution in [-0.4, -0.2) is 24.2 Å². The first-order valence-corrected chi connectivity index (χ1v) is 11.8. The Balaban J connectivity index is 0.000000132. The zero-order valence-corrected chi connectivity index (χ0v) is 21.7. The van der Waals surface area contributed by atoms with Gasteiger partial charge in [0.2, 0.25) is 0 Å². The van der Waals surface area contributed by atoms with E-state index in [4.69, 9.17) is 31.1 Å². The first-order valence-electron chi connectivity index (χ1n) is 11.8. The number of aromatic amines is 2. The Morgan fingerprint density at radius 2 is 1.27 bits per heavy atom. The molecule has 0 aliphatic carbocycles. The molecule has 3 aromatic carbocycles. The van der Waals surface area contributed by atoms with Gasteiger partial charge in [-0.05, 0) is 81.4 Å². The standard InChI is InChI=1S/C11H14N2O2.C9H10N2.C9H9NO/c1-6-4-7-5-8(12)10(14-2)11(15-3)9(7)13-6;2*1-6-4-7-5-8(10)2-3-9(7)11-6/h4-5,13H,12H2,1-3H3;2-5,11H,10H2,1H3;2-5H,10H2,1H3. The number of ether oxygens (including phenoxy) is 2. The van der Waals surface area contributed by atoms with E-state index in [1.54, 1.807) is 14.2 Å². The molecule has 0 aliphatic rings. The van der Waals surface area contributed by atoms with Gasteiger partial charge in [-0.3, -0.25) is 0 Å². The Morgan fingerprint density at radius 1 is 0.649 bits per heavy atom. The van der Waals surface area contributed by atoms with E-state index in [9.17, 15) is 0 Å². The number of fused-ring (bicyclic) bond motifs is 3. The van der Waals surface area contributed by atoms with E-state index >= 15 is 0 Å². The van der Waals surface area contributed by atoms with Crippen LogP contribution in [0.2, 0.25) is 0 Å². The van der Waals surface area contributed by atoms with Crippen LogP contribution in [0.5, 0.6) is 11.5 Å². The number of benzene rings is 3. The number of hydrogen-bond acceptors (Lipinski definition) is 6. The maximum absolute atomic E-state index is 5.86. The molecule has 6 aromatic rings. The highest BCUT2D eigenvalue weighted by molar-refractivity contribution is 5.93. The second-order valence-corrected chi connectivity index (χ2v) is 8.90. The van der Waals surface area contributed by atoms with Crippen molar-refractivity contribution in [1.29, 1.82) is 0 Å². The van der Waals surface area contributed by atoms with Crippen molar-refractivity contribution in [3.8, 4) is 11.5 Å². The van der Waals surface area contributed by atoms with E-state index in [-0.39, 0.29) is 0 Å². The quantitative estimate of drug-likeness (QED) is 0.173. The lowest BCUT2D eigenvalue weighted by atomic mass is 10.2. The van der Waals surface area contributed by atoms with Crippen LogP contribution in [-0.2, 0) is 0 Å². The smallest absolute Gasteiger partial charge is 0.187 e. The van der Waals surface area contributed by atoms with Gasteiger partial charge in [0.05, 0.1) is 25.4 Å². The molecule has 8 N–H and O–H groups in total. The SMILES string of the molecule is COc1c(N)cc2cc(C)[nH]c2c1OC.Cc1cc2cc(N)ccc2[nH]1.Cc1cc2cc(N)ccc2o1. The summed E-state index contributed by atoms with van der Waals surface area (Å²) in [4.78, 5) is 6.45. The maximum atomic E-state index is 5.86. The minimum atomic E-state index is 0.576. The van der Waals surface area contributed by atoms with Gasteiger partial charge in [-0.25, -0.2) is 0 Å². The predicted molar refractivity (Wildman–Crippen MR) is 153 cm³/mol. The average molecular weight is 500 g/mol. The number of hydrogen-bond donors (Lipinski definition) is 5. The van der Waals surface area contributed by atoms with Crippen LogP contribution >= 0.6 is 0 Å². The van der Waals surface area contributed by atoms with Crippen molar-refractivity contribution in [3.63, 3.8) is 0 Å². The Hall–Kier alpha value is -4.72. The molecule has 0 radical (unpaired) electrons. The summed E-state index contributed by atoms with van der Waals surface area (Å²) in [6.45, 7) is 5.95. The van der Waals surface area contributed by atoms with Crippen LogP contribution in [0.1, 0.15) is 17.1 Å².